The van der Waals surface area contributed by atoms with E-state index < -0.39 is 0 Å². The second-order valence-corrected chi connectivity index (χ2v) is 6.80. The van der Waals surface area contributed by atoms with Crippen LogP contribution in [0.1, 0.15) is 11.4 Å². The molecule has 4 rings (SSSR count). The first-order valence-corrected chi connectivity index (χ1v) is 8.73. The third-order valence-electron chi connectivity index (χ3n) is 3.94. The highest BCUT2D eigenvalue weighted by atomic mass is 32.1. The first-order chi connectivity index (χ1) is 11.8. The van der Waals surface area contributed by atoms with Crippen molar-refractivity contribution in [2.45, 2.75) is 12.8 Å². The van der Waals surface area contributed by atoms with Gasteiger partial charge in [-0.25, -0.2) is 4.98 Å². The van der Waals surface area contributed by atoms with Crippen LogP contribution in [0.3, 0.4) is 0 Å². The van der Waals surface area contributed by atoms with Gasteiger partial charge < -0.3 is 5.32 Å². The van der Waals surface area contributed by atoms with Crippen molar-refractivity contribution in [3.05, 3.63) is 71.7 Å². The Morgan fingerprint density at radius 2 is 1.75 bits per heavy atom. The number of aromatic nitrogens is 1. The summed E-state index contributed by atoms with van der Waals surface area (Å²) in [7, 11) is 0. The molecule has 0 saturated carbocycles. The molecule has 0 bridgehead atoms. The predicted molar refractivity (Wildman–Crippen MR) is 101 cm³/mol. The summed E-state index contributed by atoms with van der Waals surface area (Å²) < 4.78 is 1.17. The predicted octanol–water partition coefficient (Wildman–Crippen LogP) is 5.02. The number of carbonyl (C=O) groups is 1. The maximum Gasteiger partial charge on any atom is 0.224 e. The number of anilines is 1. The number of amides is 1. The molecule has 4 aromatic rings. The van der Waals surface area contributed by atoms with Gasteiger partial charge in [-0.15, -0.1) is 11.3 Å². The second kappa shape index (κ2) is 6.42. The lowest BCUT2D eigenvalue weighted by molar-refractivity contribution is -0.116. The zero-order chi connectivity index (χ0) is 16.4. The zero-order valence-corrected chi connectivity index (χ0v) is 13.8. The fourth-order valence-electron chi connectivity index (χ4n) is 2.74. The van der Waals surface area contributed by atoms with E-state index >= 15 is 0 Å². The van der Waals surface area contributed by atoms with E-state index in [-0.39, 0.29) is 5.91 Å². The van der Waals surface area contributed by atoms with Crippen LogP contribution in [-0.2, 0) is 11.2 Å². The molecule has 1 amide bonds. The second-order valence-electron chi connectivity index (χ2n) is 5.69. The lowest BCUT2D eigenvalue weighted by Crippen LogP contribution is -2.12. The number of thiazole rings is 1. The average Bonchev–Trinajstić information content (AvgIpc) is 3.03. The number of carbonyl (C=O) groups excluding carboxylic acids is 1. The van der Waals surface area contributed by atoms with Gasteiger partial charge in [0, 0.05) is 18.5 Å². The lowest BCUT2D eigenvalue weighted by atomic mass is 10.1. The molecule has 0 aliphatic carbocycles. The number of benzene rings is 3. The van der Waals surface area contributed by atoms with Gasteiger partial charge in [-0.2, -0.15) is 0 Å². The van der Waals surface area contributed by atoms with Gasteiger partial charge in [-0.3, -0.25) is 4.79 Å². The van der Waals surface area contributed by atoms with Crippen molar-refractivity contribution in [2.75, 3.05) is 5.32 Å². The molecule has 0 fully saturated rings. The Morgan fingerprint density at radius 3 is 2.62 bits per heavy atom. The third-order valence-corrected chi connectivity index (χ3v) is 5.03. The highest BCUT2D eigenvalue weighted by Crippen LogP contribution is 2.23. The summed E-state index contributed by atoms with van der Waals surface area (Å²) in [6, 6.07) is 22.2. The van der Waals surface area contributed by atoms with Gasteiger partial charge in [0.1, 0.15) is 0 Å². The fraction of sp³-hybridized carbons (Fsp3) is 0.100. The van der Waals surface area contributed by atoms with E-state index in [0.29, 0.717) is 12.8 Å². The van der Waals surface area contributed by atoms with Crippen molar-refractivity contribution in [1.82, 2.24) is 4.98 Å². The Hall–Kier alpha value is -2.72. The number of nitrogens with one attached hydrogen (secondary N) is 1. The van der Waals surface area contributed by atoms with Crippen LogP contribution in [0.15, 0.2) is 66.7 Å². The normalized spacial score (nSPS) is 11.0. The van der Waals surface area contributed by atoms with Gasteiger partial charge in [0.2, 0.25) is 5.91 Å². The topological polar surface area (TPSA) is 42.0 Å². The van der Waals surface area contributed by atoms with Gasteiger partial charge in [-0.1, -0.05) is 42.5 Å². The largest absolute Gasteiger partial charge is 0.326 e. The van der Waals surface area contributed by atoms with E-state index in [9.17, 15) is 4.79 Å². The number of hydrogen-bond donors (Lipinski definition) is 1. The van der Waals surface area contributed by atoms with E-state index in [1.54, 1.807) is 11.3 Å². The minimum atomic E-state index is 0.0181. The van der Waals surface area contributed by atoms with E-state index in [0.717, 1.165) is 21.6 Å². The van der Waals surface area contributed by atoms with Crippen LogP contribution in [-0.4, -0.2) is 10.9 Å². The Kier molecular flexibility index (Phi) is 3.97. The molecule has 1 aromatic heterocycles. The van der Waals surface area contributed by atoms with E-state index in [1.165, 1.54) is 10.1 Å². The van der Waals surface area contributed by atoms with Gasteiger partial charge in [0.05, 0.1) is 15.2 Å². The molecular formula is C20H16N2OS. The van der Waals surface area contributed by atoms with E-state index in [2.05, 4.69) is 22.4 Å². The average molecular weight is 332 g/mol. The quantitative estimate of drug-likeness (QED) is 0.570. The summed E-state index contributed by atoms with van der Waals surface area (Å²) in [6.45, 7) is 0. The Balaban J connectivity index is 1.42. The smallest absolute Gasteiger partial charge is 0.224 e. The van der Waals surface area contributed by atoms with Crippen molar-refractivity contribution in [3.8, 4) is 0 Å². The molecule has 24 heavy (non-hydrogen) atoms. The Morgan fingerprint density at radius 1 is 0.958 bits per heavy atom. The molecule has 4 heteroatoms. The van der Waals surface area contributed by atoms with Gasteiger partial charge in [0.25, 0.3) is 0 Å². The van der Waals surface area contributed by atoms with E-state index in [1.807, 2.05) is 54.6 Å². The van der Waals surface area contributed by atoms with Crippen LogP contribution >= 0.6 is 11.3 Å². The molecule has 0 saturated heterocycles. The molecule has 0 spiro atoms. The molecule has 0 aliphatic rings. The number of nitrogens with zero attached hydrogens (tertiary/aromatic N) is 1. The standard InChI is InChI=1S/C20H16N2OS/c23-19(11-12-20-22-17-7-3-4-8-18(17)24-20)21-16-10-9-14-5-1-2-6-15(14)13-16/h1-10,13H,11-12H2,(H,21,23). The molecule has 0 atom stereocenters. The highest BCUT2D eigenvalue weighted by molar-refractivity contribution is 7.18. The summed E-state index contributed by atoms with van der Waals surface area (Å²) in [5, 5.41) is 6.28. The van der Waals surface area contributed by atoms with Crippen molar-refractivity contribution < 1.29 is 4.79 Å². The molecular weight excluding hydrogens is 316 g/mol. The summed E-state index contributed by atoms with van der Waals surface area (Å²) in [6.07, 6.45) is 1.10. The van der Waals surface area contributed by atoms with E-state index in [4.69, 9.17) is 0 Å². The van der Waals surface area contributed by atoms with Crippen molar-refractivity contribution in [1.29, 1.82) is 0 Å². The number of fused-ring (bicyclic) bond motifs is 2. The van der Waals surface area contributed by atoms with Crippen LogP contribution in [0, 0.1) is 0 Å². The van der Waals surface area contributed by atoms with Gasteiger partial charge in [0.15, 0.2) is 0 Å². The van der Waals surface area contributed by atoms with Crippen LogP contribution in [0.2, 0.25) is 0 Å². The highest BCUT2D eigenvalue weighted by Gasteiger charge is 2.07. The number of para-hydroxylation sites is 1. The minimum absolute atomic E-state index is 0.0181. The van der Waals surface area contributed by atoms with Crippen molar-refractivity contribution >= 4 is 43.9 Å². The third kappa shape index (κ3) is 3.14. The summed E-state index contributed by atoms with van der Waals surface area (Å²) in [5.41, 5.74) is 1.84. The number of hydrogen-bond acceptors (Lipinski definition) is 3. The Bertz CT molecular complexity index is 989. The maximum absolute atomic E-state index is 12.2. The first-order valence-electron chi connectivity index (χ1n) is 7.91. The fourth-order valence-corrected chi connectivity index (χ4v) is 3.70. The molecule has 1 heterocycles. The van der Waals surface area contributed by atoms with Gasteiger partial charge in [-0.05, 0) is 35.0 Å². The van der Waals surface area contributed by atoms with Crippen molar-refractivity contribution in [2.24, 2.45) is 0 Å². The number of rotatable bonds is 4. The van der Waals surface area contributed by atoms with Crippen LogP contribution in [0.4, 0.5) is 5.69 Å². The zero-order valence-electron chi connectivity index (χ0n) is 13.0. The van der Waals surface area contributed by atoms with Crippen LogP contribution < -0.4 is 5.32 Å². The molecule has 0 radical (unpaired) electrons. The summed E-state index contributed by atoms with van der Waals surface area (Å²) in [5.74, 6) is 0.0181. The van der Waals surface area contributed by atoms with Gasteiger partial charge >= 0.3 is 0 Å². The summed E-state index contributed by atoms with van der Waals surface area (Å²) >= 11 is 1.66. The molecule has 0 aliphatic heterocycles. The molecule has 1 N–H and O–H groups in total. The SMILES string of the molecule is O=C(CCc1nc2ccccc2s1)Nc1ccc2ccccc2c1. The monoisotopic (exact) mass is 332 g/mol. The lowest BCUT2D eigenvalue weighted by Gasteiger charge is -2.06. The van der Waals surface area contributed by atoms with Crippen LogP contribution in [0.25, 0.3) is 21.0 Å². The molecule has 3 nitrogen and oxygen atoms in total. The van der Waals surface area contributed by atoms with Crippen LogP contribution in [0.5, 0.6) is 0 Å². The van der Waals surface area contributed by atoms with Crippen molar-refractivity contribution in [3.63, 3.8) is 0 Å². The molecule has 0 unspecified atom stereocenters. The Labute approximate surface area is 144 Å². The summed E-state index contributed by atoms with van der Waals surface area (Å²) in [4.78, 5) is 16.8. The molecule has 3 aromatic carbocycles. The molecule has 118 valence electrons. The minimum Gasteiger partial charge on any atom is -0.326 e. The maximum atomic E-state index is 12.2. The number of aryl methyl sites for hydroxylation is 1. The first kappa shape index (κ1) is 14.8.